The molecule has 1 aromatic rings. The largest absolute Gasteiger partial charge is 0.488 e. The van der Waals surface area contributed by atoms with Crippen LogP contribution in [0, 0.1) is 0 Å². The summed E-state index contributed by atoms with van der Waals surface area (Å²) in [7, 11) is 0. The van der Waals surface area contributed by atoms with Crippen LogP contribution in [0.3, 0.4) is 0 Å². The summed E-state index contributed by atoms with van der Waals surface area (Å²) in [6.07, 6.45) is 2.69. The van der Waals surface area contributed by atoms with Crippen LogP contribution in [-0.4, -0.2) is 10.6 Å². The van der Waals surface area contributed by atoms with Gasteiger partial charge >= 0.3 is 0 Å². The molecule has 0 fully saturated rings. The van der Waals surface area contributed by atoms with E-state index in [1.807, 2.05) is 12.1 Å². The van der Waals surface area contributed by atoms with Crippen LogP contribution in [0.5, 0.6) is 5.75 Å². The molecule has 0 saturated heterocycles. The van der Waals surface area contributed by atoms with E-state index in [9.17, 15) is 0 Å². The molecule has 0 atom stereocenters. The molecule has 3 heteroatoms. The van der Waals surface area contributed by atoms with Gasteiger partial charge in [0.2, 0.25) is 0 Å². The second-order valence-electron chi connectivity index (χ2n) is 3.90. The standard InChI is InChI=1S/C11H18N2O/c1-4-11(2,3)14-10-5-6-13-9(7-10)8-12/h5-7H,4,8,12H2,1-3H3. The van der Waals surface area contributed by atoms with Gasteiger partial charge in [0.05, 0.1) is 5.69 Å². The van der Waals surface area contributed by atoms with E-state index in [-0.39, 0.29) is 5.60 Å². The Morgan fingerprint density at radius 3 is 2.79 bits per heavy atom. The Morgan fingerprint density at radius 2 is 2.21 bits per heavy atom. The predicted octanol–water partition coefficient (Wildman–Crippen LogP) is 2.11. The fourth-order valence-corrected chi connectivity index (χ4v) is 1.02. The molecule has 1 heterocycles. The van der Waals surface area contributed by atoms with Crippen LogP contribution in [-0.2, 0) is 6.54 Å². The van der Waals surface area contributed by atoms with E-state index in [0.717, 1.165) is 17.9 Å². The van der Waals surface area contributed by atoms with Gasteiger partial charge in [-0.1, -0.05) is 6.92 Å². The number of aromatic nitrogens is 1. The molecule has 0 aromatic carbocycles. The lowest BCUT2D eigenvalue weighted by atomic mass is 10.1. The highest BCUT2D eigenvalue weighted by Gasteiger charge is 2.16. The molecule has 0 spiro atoms. The van der Waals surface area contributed by atoms with E-state index < -0.39 is 0 Å². The molecular weight excluding hydrogens is 176 g/mol. The third-order valence-corrected chi connectivity index (χ3v) is 2.24. The quantitative estimate of drug-likeness (QED) is 0.798. The molecule has 0 aliphatic rings. The minimum atomic E-state index is -0.132. The van der Waals surface area contributed by atoms with Crippen LogP contribution in [0.15, 0.2) is 18.3 Å². The number of hydrogen-bond donors (Lipinski definition) is 1. The average Bonchev–Trinajstić information content (AvgIpc) is 2.17. The molecule has 0 aliphatic heterocycles. The summed E-state index contributed by atoms with van der Waals surface area (Å²) < 4.78 is 5.80. The van der Waals surface area contributed by atoms with Crippen molar-refractivity contribution in [2.24, 2.45) is 5.73 Å². The van der Waals surface area contributed by atoms with E-state index in [1.165, 1.54) is 0 Å². The number of nitrogens with zero attached hydrogens (tertiary/aromatic N) is 1. The van der Waals surface area contributed by atoms with E-state index in [2.05, 4.69) is 25.8 Å². The van der Waals surface area contributed by atoms with Gasteiger partial charge in [-0.25, -0.2) is 0 Å². The number of rotatable bonds is 4. The van der Waals surface area contributed by atoms with Gasteiger partial charge in [0.15, 0.2) is 0 Å². The number of pyridine rings is 1. The van der Waals surface area contributed by atoms with Crippen LogP contribution in [0.2, 0.25) is 0 Å². The van der Waals surface area contributed by atoms with Crippen molar-refractivity contribution in [1.29, 1.82) is 0 Å². The maximum atomic E-state index is 5.80. The zero-order valence-electron chi connectivity index (χ0n) is 9.08. The lowest BCUT2D eigenvalue weighted by Crippen LogP contribution is -2.26. The second kappa shape index (κ2) is 4.42. The maximum absolute atomic E-state index is 5.80. The van der Waals surface area contributed by atoms with Gasteiger partial charge in [0.1, 0.15) is 11.4 Å². The van der Waals surface area contributed by atoms with Crippen molar-refractivity contribution >= 4 is 0 Å². The van der Waals surface area contributed by atoms with Crippen LogP contribution in [0.25, 0.3) is 0 Å². The lowest BCUT2D eigenvalue weighted by Gasteiger charge is -2.24. The summed E-state index contributed by atoms with van der Waals surface area (Å²) in [5, 5.41) is 0. The van der Waals surface area contributed by atoms with Crippen LogP contribution in [0.1, 0.15) is 32.9 Å². The first-order valence-corrected chi connectivity index (χ1v) is 4.91. The second-order valence-corrected chi connectivity index (χ2v) is 3.90. The van der Waals surface area contributed by atoms with E-state index in [4.69, 9.17) is 10.5 Å². The minimum absolute atomic E-state index is 0.132. The molecule has 0 aliphatic carbocycles. The van der Waals surface area contributed by atoms with Gasteiger partial charge in [-0.05, 0) is 26.3 Å². The Balaban J connectivity index is 2.76. The molecule has 0 amide bonds. The highest BCUT2D eigenvalue weighted by Crippen LogP contribution is 2.20. The predicted molar refractivity (Wildman–Crippen MR) is 57.1 cm³/mol. The van der Waals surface area contributed by atoms with Crippen LogP contribution in [0.4, 0.5) is 0 Å². The Hall–Kier alpha value is -1.09. The monoisotopic (exact) mass is 194 g/mol. The normalized spacial score (nSPS) is 11.4. The zero-order chi connectivity index (χ0) is 10.6. The summed E-state index contributed by atoms with van der Waals surface area (Å²) in [6.45, 7) is 6.68. The lowest BCUT2D eigenvalue weighted by molar-refractivity contribution is 0.105. The molecule has 14 heavy (non-hydrogen) atoms. The molecule has 0 radical (unpaired) electrons. The van der Waals surface area contributed by atoms with Gasteiger partial charge in [-0.2, -0.15) is 0 Å². The van der Waals surface area contributed by atoms with Crippen molar-refractivity contribution in [3.63, 3.8) is 0 Å². The topological polar surface area (TPSA) is 48.1 Å². The summed E-state index contributed by atoms with van der Waals surface area (Å²) in [5.41, 5.74) is 6.22. The van der Waals surface area contributed by atoms with Crippen molar-refractivity contribution in [1.82, 2.24) is 4.98 Å². The van der Waals surface area contributed by atoms with E-state index >= 15 is 0 Å². The van der Waals surface area contributed by atoms with Gasteiger partial charge in [-0.15, -0.1) is 0 Å². The van der Waals surface area contributed by atoms with Crippen molar-refractivity contribution in [3.8, 4) is 5.75 Å². The van der Waals surface area contributed by atoms with Gasteiger partial charge < -0.3 is 10.5 Å². The smallest absolute Gasteiger partial charge is 0.123 e. The highest BCUT2D eigenvalue weighted by atomic mass is 16.5. The molecule has 0 unspecified atom stereocenters. The molecular formula is C11H18N2O. The third-order valence-electron chi connectivity index (χ3n) is 2.24. The number of hydrogen-bond acceptors (Lipinski definition) is 3. The highest BCUT2D eigenvalue weighted by molar-refractivity contribution is 5.23. The first-order valence-electron chi connectivity index (χ1n) is 4.91. The van der Waals surface area contributed by atoms with E-state index in [1.54, 1.807) is 6.20 Å². The fraction of sp³-hybridized carbons (Fsp3) is 0.545. The molecule has 2 N–H and O–H groups in total. The molecule has 1 rings (SSSR count). The van der Waals surface area contributed by atoms with Gasteiger partial charge in [0.25, 0.3) is 0 Å². The molecule has 1 aromatic heterocycles. The van der Waals surface area contributed by atoms with Crippen LogP contribution < -0.4 is 10.5 Å². The van der Waals surface area contributed by atoms with Crippen molar-refractivity contribution in [2.75, 3.05) is 0 Å². The summed E-state index contributed by atoms with van der Waals surface area (Å²) >= 11 is 0. The van der Waals surface area contributed by atoms with E-state index in [0.29, 0.717) is 6.54 Å². The molecule has 3 nitrogen and oxygen atoms in total. The van der Waals surface area contributed by atoms with Gasteiger partial charge in [-0.3, -0.25) is 4.98 Å². The molecule has 0 bridgehead atoms. The van der Waals surface area contributed by atoms with Crippen LogP contribution >= 0.6 is 0 Å². The SMILES string of the molecule is CCC(C)(C)Oc1ccnc(CN)c1. The Bertz CT molecular complexity index is 297. The third kappa shape index (κ3) is 3.00. The Labute approximate surface area is 85.3 Å². The average molecular weight is 194 g/mol. The summed E-state index contributed by atoms with van der Waals surface area (Å²) in [6, 6.07) is 3.74. The van der Waals surface area contributed by atoms with Crippen molar-refractivity contribution < 1.29 is 4.74 Å². The Kier molecular flexibility index (Phi) is 3.47. The zero-order valence-corrected chi connectivity index (χ0v) is 9.08. The number of ether oxygens (including phenoxy) is 1. The first kappa shape index (κ1) is 11.0. The first-order chi connectivity index (χ1) is 6.57. The fourth-order valence-electron chi connectivity index (χ4n) is 1.02. The van der Waals surface area contributed by atoms with Gasteiger partial charge in [0, 0.05) is 18.8 Å². The molecule has 0 saturated carbocycles. The minimum Gasteiger partial charge on any atom is -0.488 e. The molecule has 78 valence electrons. The number of nitrogens with two attached hydrogens (primary N) is 1. The maximum Gasteiger partial charge on any atom is 0.123 e. The summed E-state index contributed by atoms with van der Waals surface area (Å²) in [4.78, 5) is 4.11. The Morgan fingerprint density at radius 1 is 1.50 bits per heavy atom. The summed E-state index contributed by atoms with van der Waals surface area (Å²) in [5.74, 6) is 0.840. The van der Waals surface area contributed by atoms with Crippen molar-refractivity contribution in [2.45, 2.75) is 39.3 Å². The van der Waals surface area contributed by atoms with Crippen molar-refractivity contribution in [3.05, 3.63) is 24.0 Å².